The molecule has 0 aliphatic carbocycles. The maximum Gasteiger partial charge on any atom is 0.156 e. The van der Waals surface area contributed by atoms with E-state index in [0.717, 1.165) is 0 Å². The Morgan fingerprint density at radius 3 is 2.71 bits per heavy atom. The van der Waals surface area contributed by atoms with E-state index >= 15 is 0 Å². The second-order valence-corrected chi connectivity index (χ2v) is 3.08. The second kappa shape index (κ2) is 7.54. The van der Waals surface area contributed by atoms with Crippen LogP contribution in [0.15, 0.2) is 5.16 Å². The Bertz CT molecular complexity index is 169. The SMILES string of the molecule is COCC(CCO)NC(C)C(N)=NO. The highest BCUT2D eigenvalue weighted by atomic mass is 16.5. The fourth-order valence-electron chi connectivity index (χ4n) is 1.10. The van der Waals surface area contributed by atoms with Gasteiger partial charge in [-0.3, -0.25) is 0 Å². The molecule has 0 heterocycles. The lowest BCUT2D eigenvalue weighted by Gasteiger charge is -2.21. The van der Waals surface area contributed by atoms with Crippen LogP contribution >= 0.6 is 0 Å². The van der Waals surface area contributed by atoms with E-state index in [0.29, 0.717) is 13.0 Å². The Kier molecular flexibility index (Phi) is 7.09. The molecule has 0 saturated carbocycles. The number of ether oxygens (including phenoxy) is 1. The number of hydrogen-bond donors (Lipinski definition) is 4. The van der Waals surface area contributed by atoms with Crippen LogP contribution in [-0.4, -0.2) is 48.6 Å². The molecule has 6 nitrogen and oxygen atoms in total. The molecule has 0 fully saturated rings. The first-order chi connectivity index (χ1) is 6.65. The molecule has 0 spiro atoms. The number of oxime groups is 1. The van der Waals surface area contributed by atoms with Crippen LogP contribution in [0.4, 0.5) is 0 Å². The highest BCUT2D eigenvalue weighted by molar-refractivity contribution is 5.84. The molecular weight excluding hydrogens is 186 g/mol. The first kappa shape index (κ1) is 13.2. The molecule has 0 saturated heterocycles. The molecule has 0 aliphatic heterocycles. The lowest BCUT2D eigenvalue weighted by molar-refractivity contribution is 0.147. The van der Waals surface area contributed by atoms with E-state index < -0.39 is 0 Å². The topological polar surface area (TPSA) is 100 Å². The number of amidine groups is 1. The van der Waals surface area contributed by atoms with Gasteiger partial charge >= 0.3 is 0 Å². The number of nitrogens with zero attached hydrogens (tertiary/aromatic N) is 1. The van der Waals surface area contributed by atoms with E-state index in [9.17, 15) is 0 Å². The van der Waals surface area contributed by atoms with Crippen LogP contribution in [0.2, 0.25) is 0 Å². The van der Waals surface area contributed by atoms with Crippen molar-refractivity contribution in [2.24, 2.45) is 10.9 Å². The molecule has 0 bridgehead atoms. The minimum absolute atomic E-state index is 0.000278. The lowest BCUT2D eigenvalue weighted by atomic mass is 10.2. The van der Waals surface area contributed by atoms with Gasteiger partial charge in [0.15, 0.2) is 5.84 Å². The Balaban J connectivity index is 4.00. The van der Waals surface area contributed by atoms with E-state index in [1.807, 2.05) is 0 Å². The average Bonchev–Trinajstić information content (AvgIpc) is 2.17. The monoisotopic (exact) mass is 205 g/mol. The molecule has 0 aliphatic rings. The Morgan fingerprint density at radius 2 is 2.29 bits per heavy atom. The van der Waals surface area contributed by atoms with Gasteiger partial charge in [-0.1, -0.05) is 5.16 Å². The largest absolute Gasteiger partial charge is 0.409 e. The quantitative estimate of drug-likeness (QED) is 0.187. The fourth-order valence-corrected chi connectivity index (χ4v) is 1.10. The maximum absolute atomic E-state index is 8.77. The van der Waals surface area contributed by atoms with E-state index in [-0.39, 0.29) is 24.5 Å². The number of hydrogen-bond acceptors (Lipinski definition) is 5. The highest BCUT2D eigenvalue weighted by Crippen LogP contribution is 1.95. The fraction of sp³-hybridized carbons (Fsp3) is 0.875. The maximum atomic E-state index is 8.77. The summed E-state index contributed by atoms with van der Waals surface area (Å²) in [6.07, 6.45) is 0.566. The lowest BCUT2D eigenvalue weighted by Crippen LogP contribution is -2.46. The number of aliphatic hydroxyl groups excluding tert-OH is 1. The molecule has 84 valence electrons. The van der Waals surface area contributed by atoms with Gasteiger partial charge in [0.2, 0.25) is 0 Å². The van der Waals surface area contributed by atoms with Crippen molar-refractivity contribution >= 4 is 5.84 Å². The van der Waals surface area contributed by atoms with Gasteiger partial charge in [-0.05, 0) is 13.3 Å². The summed E-state index contributed by atoms with van der Waals surface area (Å²) in [5, 5.41) is 23.1. The summed E-state index contributed by atoms with van der Waals surface area (Å²) >= 11 is 0. The van der Waals surface area contributed by atoms with Crippen LogP contribution in [0, 0.1) is 0 Å². The molecule has 0 amide bonds. The standard InChI is InChI=1S/C8H19N3O3/c1-6(8(9)11-13)10-7(3-4-12)5-14-2/h6-7,10,12-13H,3-5H2,1-2H3,(H2,9,11). The predicted molar refractivity (Wildman–Crippen MR) is 53.4 cm³/mol. The average molecular weight is 205 g/mol. The van der Waals surface area contributed by atoms with Crippen molar-refractivity contribution in [3.63, 3.8) is 0 Å². The van der Waals surface area contributed by atoms with Gasteiger partial charge in [-0.2, -0.15) is 0 Å². The molecule has 0 rings (SSSR count). The number of nitrogens with one attached hydrogen (secondary N) is 1. The van der Waals surface area contributed by atoms with Crippen molar-refractivity contribution in [1.82, 2.24) is 5.32 Å². The van der Waals surface area contributed by atoms with E-state index in [1.54, 1.807) is 14.0 Å². The van der Waals surface area contributed by atoms with Gasteiger partial charge in [0, 0.05) is 19.8 Å². The molecule has 5 N–H and O–H groups in total. The third kappa shape index (κ3) is 5.00. The van der Waals surface area contributed by atoms with Crippen molar-refractivity contribution in [3.05, 3.63) is 0 Å². The minimum atomic E-state index is -0.244. The Labute approximate surface area is 83.7 Å². The molecule has 2 unspecified atom stereocenters. The normalized spacial score (nSPS) is 16.6. The number of rotatable bonds is 7. The van der Waals surface area contributed by atoms with Crippen LogP contribution in [0.1, 0.15) is 13.3 Å². The summed E-state index contributed by atoms with van der Waals surface area (Å²) in [4.78, 5) is 0. The summed E-state index contributed by atoms with van der Waals surface area (Å²) in [6, 6.07) is -0.244. The molecule has 6 heteroatoms. The predicted octanol–water partition coefficient (Wildman–Crippen LogP) is -0.892. The molecule has 0 aromatic rings. The van der Waals surface area contributed by atoms with E-state index in [1.165, 1.54) is 0 Å². The first-order valence-corrected chi connectivity index (χ1v) is 4.49. The third-order valence-electron chi connectivity index (χ3n) is 1.89. The van der Waals surface area contributed by atoms with Crippen molar-refractivity contribution in [3.8, 4) is 0 Å². The van der Waals surface area contributed by atoms with Gasteiger partial charge in [-0.25, -0.2) is 0 Å². The van der Waals surface area contributed by atoms with Crippen molar-refractivity contribution in [1.29, 1.82) is 0 Å². The van der Waals surface area contributed by atoms with Crippen LogP contribution < -0.4 is 11.1 Å². The van der Waals surface area contributed by atoms with Gasteiger partial charge in [0.25, 0.3) is 0 Å². The zero-order valence-corrected chi connectivity index (χ0v) is 8.60. The second-order valence-electron chi connectivity index (χ2n) is 3.08. The van der Waals surface area contributed by atoms with E-state index in [2.05, 4.69) is 10.5 Å². The third-order valence-corrected chi connectivity index (χ3v) is 1.89. The molecule has 14 heavy (non-hydrogen) atoms. The van der Waals surface area contributed by atoms with Gasteiger partial charge < -0.3 is 26.1 Å². The number of aliphatic hydroxyl groups is 1. The number of methoxy groups -OCH3 is 1. The highest BCUT2D eigenvalue weighted by Gasteiger charge is 2.14. The Hall–Kier alpha value is -0.850. The van der Waals surface area contributed by atoms with Crippen LogP contribution in [0.25, 0.3) is 0 Å². The van der Waals surface area contributed by atoms with Crippen LogP contribution in [0.5, 0.6) is 0 Å². The summed E-state index contributed by atoms with van der Waals surface area (Å²) in [7, 11) is 1.58. The molecular formula is C8H19N3O3. The van der Waals surface area contributed by atoms with Crippen LogP contribution in [-0.2, 0) is 4.74 Å². The van der Waals surface area contributed by atoms with Crippen molar-refractivity contribution < 1.29 is 15.1 Å². The summed E-state index contributed by atoms with van der Waals surface area (Å²) < 4.78 is 4.95. The van der Waals surface area contributed by atoms with Gasteiger partial charge in [0.05, 0.1) is 12.6 Å². The van der Waals surface area contributed by atoms with Crippen LogP contribution in [0.3, 0.4) is 0 Å². The van der Waals surface area contributed by atoms with Gasteiger partial charge in [-0.15, -0.1) is 0 Å². The number of nitrogens with two attached hydrogens (primary N) is 1. The van der Waals surface area contributed by atoms with E-state index in [4.69, 9.17) is 20.8 Å². The summed E-state index contributed by atoms with van der Waals surface area (Å²) in [5.74, 6) is 0.115. The summed E-state index contributed by atoms with van der Waals surface area (Å²) in [6.45, 7) is 2.32. The molecule has 0 aromatic carbocycles. The summed E-state index contributed by atoms with van der Waals surface area (Å²) in [5.41, 5.74) is 5.39. The first-order valence-electron chi connectivity index (χ1n) is 4.49. The van der Waals surface area contributed by atoms with Gasteiger partial charge in [0.1, 0.15) is 0 Å². The zero-order chi connectivity index (χ0) is 11.0. The molecule has 2 atom stereocenters. The molecule has 0 aromatic heterocycles. The minimum Gasteiger partial charge on any atom is -0.409 e. The Morgan fingerprint density at radius 1 is 1.64 bits per heavy atom. The smallest absolute Gasteiger partial charge is 0.156 e. The zero-order valence-electron chi connectivity index (χ0n) is 8.60. The van der Waals surface area contributed by atoms with Crippen molar-refractivity contribution in [2.75, 3.05) is 20.3 Å². The molecule has 0 radical (unpaired) electrons. The van der Waals surface area contributed by atoms with Crippen molar-refractivity contribution in [2.45, 2.75) is 25.4 Å².